The summed E-state index contributed by atoms with van der Waals surface area (Å²) in [5.41, 5.74) is 2.52. The second-order valence-corrected chi connectivity index (χ2v) is 5.67. The first-order valence-electron chi connectivity index (χ1n) is 8.11. The summed E-state index contributed by atoms with van der Waals surface area (Å²) >= 11 is 0. The van der Waals surface area contributed by atoms with Crippen molar-refractivity contribution in [1.82, 2.24) is 4.57 Å². The van der Waals surface area contributed by atoms with Crippen molar-refractivity contribution in [3.63, 3.8) is 0 Å². The fourth-order valence-corrected chi connectivity index (χ4v) is 2.72. The molecule has 0 aliphatic heterocycles. The molecule has 0 N–H and O–H groups in total. The van der Waals surface area contributed by atoms with Gasteiger partial charge in [0, 0.05) is 29.6 Å². The van der Waals surface area contributed by atoms with Crippen LogP contribution in [0.5, 0.6) is 0 Å². The standard InChI is InChI=1S/C19H17N3O4/c1-3-19(23)26-20-13(2)15-12-21(16-9-5-4-8-14(15)16)17-10-6-7-11-18(17)22(24)25/h4-12H,3H2,1-2H3/b20-13+. The zero-order valence-corrected chi connectivity index (χ0v) is 14.4. The average Bonchev–Trinajstić information content (AvgIpc) is 3.05. The normalized spacial score (nSPS) is 11.5. The van der Waals surface area contributed by atoms with E-state index in [4.69, 9.17) is 4.84 Å². The molecule has 1 heterocycles. The maximum Gasteiger partial charge on any atom is 0.334 e. The lowest BCUT2D eigenvalue weighted by Crippen LogP contribution is -2.01. The van der Waals surface area contributed by atoms with Gasteiger partial charge in [-0.1, -0.05) is 42.4 Å². The molecule has 2 aromatic carbocycles. The molecule has 0 aliphatic carbocycles. The van der Waals surface area contributed by atoms with Gasteiger partial charge in [0.1, 0.15) is 5.69 Å². The van der Waals surface area contributed by atoms with Gasteiger partial charge in [0.15, 0.2) is 0 Å². The number of para-hydroxylation sites is 3. The quantitative estimate of drug-likeness (QED) is 0.298. The molecular weight excluding hydrogens is 334 g/mol. The molecule has 0 bridgehead atoms. The first-order chi connectivity index (χ1) is 12.5. The fraction of sp³-hybridized carbons (Fsp3) is 0.158. The number of benzene rings is 2. The maximum atomic E-state index is 11.4. The lowest BCUT2D eigenvalue weighted by molar-refractivity contribution is -0.384. The van der Waals surface area contributed by atoms with E-state index in [-0.39, 0.29) is 12.1 Å². The van der Waals surface area contributed by atoms with E-state index in [1.54, 1.807) is 42.8 Å². The highest BCUT2D eigenvalue weighted by Gasteiger charge is 2.18. The Balaban J connectivity index is 2.18. The van der Waals surface area contributed by atoms with Crippen molar-refractivity contribution in [2.75, 3.05) is 0 Å². The van der Waals surface area contributed by atoms with Gasteiger partial charge in [-0.2, -0.15) is 0 Å². The molecule has 7 heteroatoms. The van der Waals surface area contributed by atoms with Crippen LogP contribution in [-0.4, -0.2) is 21.2 Å². The van der Waals surface area contributed by atoms with Crippen LogP contribution in [0.4, 0.5) is 5.69 Å². The predicted octanol–water partition coefficient (Wildman–Crippen LogP) is 4.22. The lowest BCUT2D eigenvalue weighted by Gasteiger charge is -2.05. The molecule has 26 heavy (non-hydrogen) atoms. The number of nitrogens with zero attached hydrogens (tertiary/aromatic N) is 3. The smallest absolute Gasteiger partial charge is 0.318 e. The number of fused-ring (bicyclic) bond motifs is 1. The summed E-state index contributed by atoms with van der Waals surface area (Å²) < 4.78 is 1.75. The van der Waals surface area contributed by atoms with E-state index in [9.17, 15) is 14.9 Å². The first kappa shape index (κ1) is 17.3. The lowest BCUT2D eigenvalue weighted by atomic mass is 10.1. The Hall–Kier alpha value is -3.48. The molecule has 0 saturated carbocycles. The van der Waals surface area contributed by atoms with Gasteiger partial charge in [0.05, 0.1) is 16.2 Å². The minimum atomic E-state index is -0.424. The summed E-state index contributed by atoms with van der Waals surface area (Å²) in [6, 6.07) is 14.1. The molecule has 3 rings (SSSR count). The highest BCUT2D eigenvalue weighted by Crippen LogP contribution is 2.30. The van der Waals surface area contributed by atoms with Crippen molar-refractivity contribution in [3.05, 3.63) is 70.4 Å². The minimum absolute atomic E-state index is 0.00630. The molecule has 0 fully saturated rings. The van der Waals surface area contributed by atoms with Gasteiger partial charge < -0.3 is 9.40 Å². The summed E-state index contributed by atoms with van der Waals surface area (Å²) in [6.07, 6.45) is 2.00. The largest absolute Gasteiger partial charge is 0.334 e. The summed E-state index contributed by atoms with van der Waals surface area (Å²) in [7, 11) is 0. The van der Waals surface area contributed by atoms with Crippen LogP contribution >= 0.6 is 0 Å². The van der Waals surface area contributed by atoms with Crippen molar-refractivity contribution in [1.29, 1.82) is 0 Å². The Labute approximate surface area is 149 Å². The molecule has 0 saturated heterocycles. The molecule has 1 aromatic heterocycles. The number of nitro benzene ring substituents is 1. The second-order valence-electron chi connectivity index (χ2n) is 5.67. The Morgan fingerprint density at radius 3 is 2.62 bits per heavy atom. The zero-order valence-electron chi connectivity index (χ0n) is 14.4. The molecule has 3 aromatic rings. The number of rotatable bonds is 5. The van der Waals surface area contributed by atoms with Gasteiger partial charge in [-0.05, 0) is 19.1 Å². The Bertz CT molecular complexity index is 1020. The highest BCUT2D eigenvalue weighted by atomic mass is 16.7. The summed E-state index contributed by atoms with van der Waals surface area (Å²) in [5.74, 6) is -0.424. The Kier molecular flexibility index (Phi) is 4.79. The number of hydrogen-bond acceptors (Lipinski definition) is 5. The number of carbonyl (C=O) groups is 1. The van der Waals surface area contributed by atoms with Crippen molar-refractivity contribution < 1.29 is 14.6 Å². The van der Waals surface area contributed by atoms with Crippen LogP contribution in [0.1, 0.15) is 25.8 Å². The van der Waals surface area contributed by atoms with Crippen molar-refractivity contribution in [2.45, 2.75) is 20.3 Å². The molecule has 0 atom stereocenters. The van der Waals surface area contributed by atoms with E-state index in [1.807, 2.05) is 24.3 Å². The third-order valence-corrected chi connectivity index (χ3v) is 4.01. The molecule has 0 amide bonds. The van der Waals surface area contributed by atoms with Crippen LogP contribution in [0.3, 0.4) is 0 Å². The van der Waals surface area contributed by atoms with Gasteiger partial charge in [-0.15, -0.1) is 0 Å². The molecule has 0 spiro atoms. The third-order valence-electron chi connectivity index (χ3n) is 4.01. The number of aromatic nitrogens is 1. The Morgan fingerprint density at radius 1 is 1.19 bits per heavy atom. The van der Waals surface area contributed by atoms with E-state index in [0.29, 0.717) is 11.4 Å². The minimum Gasteiger partial charge on any atom is -0.318 e. The number of hydrogen-bond donors (Lipinski definition) is 0. The van der Waals surface area contributed by atoms with E-state index >= 15 is 0 Å². The topological polar surface area (TPSA) is 86.7 Å². The fourth-order valence-electron chi connectivity index (χ4n) is 2.72. The average molecular weight is 351 g/mol. The third kappa shape index (κ3) is 3.19. The van der Waals surface area contributed by atoms with Crippen molar-refractivity contribution in [3.8, 4) is 5.69 Å². The van der Waals surface area contributed by atoms with Gasteiger partial charge in [-0.3, -0.25) is 10.1 Å². The van der Waals surface area contributed by atoms with E-state index in [0.717, 1.165) is 16.5 Å². The first-order valence-corrected chi connectivity index (χ1v) is 8.11. The SMILES string of the molecule is CCC(=O)O/N=C(\C)c1cn(-c2ccccc2[N+](=O)[O-])c2ccccc12. The van der Waals surface area contributed by atoms with Gasteiger partial charge in [-0.25, -0.2) is 4.79 Å². The Morgan fingerprint density at radius 2 is 1.88 bits per heavy atom. The molecule has 7 nitrogen and oxygen atoms in total. The van der Waals surface area contributed by atoms with Crippen LogP contribution in [-0.2, 0) is 9.63 Å². The summed E-state index contributed by atoms with van der Waals surface area (Å²) in [4.78, 5) is 27.2. The van der Waals surface area contributed by atoms with E-state index in [1.165, 1.54) is 6.07 Å². The monoisotopic (exact) mass is 351 g/mol. The molecule has 0 aliphatic rings. The van der Waals surface area contributed by atoms with Crippen LogP contribution in [0.2, 0.25) is 0 Å². The van der Waals surface area contributed by atoms with Crippen LogP contribution in [0, 0.1) is 10.1 Å². The van der Waals surface area contributed by atoms with Crippen LogP contribution < -0.4 is 0 Å². The molecule has 0 unspecified atom stereocenters. The van der Waals surface area contributed by atoms with E-state index < -0.39 is 10.9 Å². The number of oxime groups is 1. The molecule has 132 valence electrons. The second kappa shape index (κ2) is 7.18. The number of nitro groups is 1. The number of carbonyl (C=O) groups excluding carboxylic acids is 1. The molecular formula is C19H17N3O4. The van der Waals surface area contributed by atoms with Gasteiger partial charge in [0.25, 0.3) is 5.69 Å². The molecule has 0 radical (unpaired) electrons. The van der Waals surface area contributed by atoms with Crippen LogP contribution in [0.15, 0.2) is 59.9 Å². The predicted molar refractivity (Wildman–Crippen MR) is 98.5 cm³/mol. The van der Waals surface area contributed by atoms with Crippen LogP contribution in [0.25, 0.3) is 16.6 Å². The maximum absolute atomic E-state index is 11.4. The van der Waals surface area contributed by atoms with Gasteiger partial charge >= 0.3 is 5.97 Å². The van der Waals surface area contributed by atoms with Crippen molar-refractivity contribution in [2.24, 2.45) is 5.16 Å². The summed E-state index contributed by atoms with van der Waals surface area (Å²) in [5, 5.41) is 16.2. The van der Waals surface area contributed by atoms with Crippen molar-refractivity contribution >= 4 is 28.3 Å². The van der Waals surface area contributed by atoms with Gasteiger partial charge in [0.2, 0.25) is 0 Å². The summed E-state index contributed by atoms with van der Waals surface area (Å²) in [6.45, 7) is 3.42. The zero-order chi connectivity index (χ0) is 18.7. The highest BCUT2D eigenvalue weighted by molar-refractivity contribution is 6.10. The van der Waals surface area contributed by atoms with E-state index in [2.05, 4.69) is 5.16 Å².